The molecule has 1 unspecified atom stereocenters. The lowest BCUT2D eigenvalue weighted by molar-refractivity contribution is -0.127. The van der Waals surface area contributed by atoms with Crippen molar-refractivity contribution < 1.29 is 19.0 Å². The molecular weight excluding hydrogens is 318 g/mol. The van der Waals surface area contributed by atoms with E-state index in [1.807, 2.05) is 48.5 Å². The number of carbonyl (C=O) groups is 1. The Balaban J connectivity index is 1.73. The van der Waals surface area contributed by atoms with Crippen molar-refractivity contribution in [2.24, 2.45) is 0 Å². The highest BCUT2D eigenvalue weighted by molar-refractivity contribution is 5.80. The van der Waals surface area contributed by atoms with E-state index in [1.165, 1.54) is 5.56 Å². The quantitative estimate of drug-likeness (QED) is 0.710. The van der Waals surface area contributed by atoms with Crippen molar-refractivity contribution in [2.45, 2.75) is 26.4 Å². The highest BCUT2D eigenvalue weighted by atomic mass is 16.5. The Morgan fingerprint density at radius 1 is 1.08 bits per heavy atom. The molecule has 0 fully saturated rings. The summed E-state index contributed by atoms with van der Waals surface area (Å²) in [6.07, 6.45) is 0.404. The average Bonchev–Trinajstić information content (AvgIpc) is 2.65. The van der Waals surface area contributed by atoms with Crippen LogP contribution < -0.4 is 19.5 Å². The van der Waals surface area contributed by atoms with Crippen LogP contribution in [0.3, 0.4) is 0 Å². The molecule has 1 amide bonds. The van der Waals surface area contributed by atoms with Gasteiger partial charge in [0.25, 0.3) is 5.91 Å². The molecule has 5 heteroatoms. The SMILES string of the molecule is CCc1ccc(OC(C)C(=O)NCCOc2ccccc2OC)cc1. The highest BCUT2D eigenvalue weighted by Crippen LogP contribution is 2.25. The summed E-state index contributed by atoms with van der Waals surface area (Å²) in [5.41, 5.74) is 1.23. The number of hydrogen-bond acceptors (Lipinski definition) is 4. The van der Waals surface area contributed by atoms with Crippen LogP contribution in [0.4, 0.5) is 0 Å². The van der Waals surface area contributed by atoms with E-state index in [-0.39, 0.29) is 5.91 Å². The number of para-hydroxylation sites is 2. The molecule has 25 heavy (non-hydrogen) atoms. The Morgan fingerprint density at radius 3 is 2.40 bits per heavy atom. The maximum atomic E-state index is 12.1. The van der Waals surface area contributed by atoms with Gasteiger partial charge in [-0.1, -0.05) is 31.2 Å². The van der Waals surface area contributed by atoms with Gasteiger partial charge in [-0.2, -0.15) is 0 Å². The van der Waals surface area contributed by atoms with Crippen molar-refractivity contribution in [3.8, 4) is 17.2 Å². The first-order valence-electron chi connectivity index (χ1n) is 8.43. The van der Waals surface area contributed by atoms with E-state index in [4.69, 9.17) is 14.2 Å². The van der Waals surface area contributed by atoms with Gasteiger partial charge in [-0.05, 0) is 43.2 Å². The van der Waals surface area contributed by atoms with Crippen LogP contribution in [0.25, 0.3) is 0 Å². The van der Waals surface area contributed by atoms with Gasteiger partial charge < -0.3 is 19.5 Å². The lowest BCUT2D eigenvalue weighted by Crippen LogP contribution is -2.38. The Morgan fingerprint density at radius 2 is 1.76 bits per heavy atom. The van der Waals surface area contributed by atoms with Crippen LogP contribution in [-0.2, 0) is 11.2 Å². The molecule has 0 aliphatic rings. The first kappa shape index (κ1) is 18.6. The number of amides is 1. The third-order valence-electron chi connectivity index (χ3n) is 3.74. The number of methoxy groups -OCH3 is 1. The summed E-state index contributed by atoms with van der Waals surface area (Å²) in [4.78, 5) is 12.1. The molecule has 0 radical (unpaired) electrons. The van der Waals surface area contributed by atoms with Gasteiger partial charge in [-0.15, -0.1) is 0 Å². The second-order valence-corrected chi connectivity index (χ2v) is 5.55. The van der Waals surface area contributed by atoms with Crippen LogP contribution in [0.15, 0.2) is 48.5 Å². The van der Waals surface area contributed by atoms with E-state index < -0.39 is 6.10 Å². The lowest BCUT2D eigenvalue weighted by Gasteiger charge is -2.15. The Labute approximate surface area is 148 Å². The molecule has 2 aromatic carbocycles. The fraction of sp³-hybridized carbons (Fsp3) is 0.350. The molecule has 0 aliphatic heterocycles. The predicted octanol–water partition coefficient (Wildman–Crippen LogP) is 3.22. The number of aryl methyl sites for hydroxylation is 1. The molecule has 0 saturated heterocycles. The fourth-order valence-electron chi connectivity index (χ4n) is 2.28. The molecule has 0 saturated carbocycles. The van der Waals surface area contributed by atoms with E-state index in [0.29, 0.717) is 30.4 Å². The first-order chi connectivity index (χ1) is 12.1. The van der Waals surface area contributed by atoms with Crippen LogP contribution in [0, 0.1) is 0 Å². The average molecular weight is 343 g/mol. The zero-order valence-corrected chi connectivity index (χ0v) is 15.0. The molecule has 5 nitrogen and oxygen atoms in total. The Kier molecular flexibility index (Phi) is 7.14. The van der Waals surface area contributed by atoms with Crippen LogP contribution in [0.2, 0.25) is 0 Å². The van der Waals surface area contributed by atoms with Crippen molar-refractivity contribution in [3.05, 3.63) is 54.1 Å². The summed E-state index contributed by atoms with van der Waals surface area (Å²) < 4.78 is 16.5. The summed E-state index contributed by atoms with van der Waals surface area (Å²) in [6.45, 7) is 4.56. The smallest absolute Gasteiger partial charge is 0.260 e. The minimum Gasteiger partial charge on any atom is -0.493 e. The third kappa shape index (κ3) is 5.71. The Hall–Kier alpha value is -2.69. The Bertz CT molecular complexity index is 670. The molecule has 1 atom stereocenters. The number of hydrogen-bond donors (Lipinski definition) is 1. The minimum absolute atomic E-state index is 0.178. The molecule has 0 aromatic heterocycles. The van der Waals surface area contributed by atoms with Gasteiger partial charge in [0.1, 0.15) is 12.4 Å². The van der Waals surface area contributed by atoms with Gasteiger partial charge in [0.15, 0.2) is 17.6 Å². The van der Waals surface area contributed by atoms with Crippen molar-refractivity contribution in [1.82, 2.24) is 5.32 Å². The van der Waals surface area contributed by atoms with Gasteiger partial charge in [0.05, 0.1) is 13.7 Å². The summed E-state index contributed by atoms with van der Waals surface area (Å²) in [6, 6.07) is 15.2. The molecule has 134 valence electrons. The van der Waals surface area contributed by atoms with Crippen molar-refractivity contribution in [1.29, 1.82) is 0 Å². The van der Waals surface area contributed by atoms with Crippen molar-refractivity contribution >= 4 is 5.91 Å². The summed E-state index contributed by atoms with van der Waals surface area (Å²) >= 11 is 0. The summed E-state index contributed by atoms with van der Waals surface area (Å²) in [5, 5.41) is 2.80. The van der Waals surface area contributed by atoms with Gasteiger partial charge in [0.2, 0.25) is 0 Å². The topological polar surface area (TPSA) is 56.8 Å². The van der Waals surface area contributed by atoms with Crippen LogP contribution in [-0.4, -0.2) is 32.3 Å². The summed E-state index contributed by atoms with van der Waals surface area (Å²) in [7, 11) is 1.59. The maximum absolute atomic E-state index is 12.1. The van der Waals surface area contributed by atoms with Gasteiger partial charge >= 0.3 is 0 Å². The number of benzene rings is 2. The zero-order valence-electron chi connectivity index (χ0n) is 15.0. The molecule has 0 heterocycles. The van der Waals surface area contributed by atoms with Crippen LogP contribution in [0.1, 0.15) is 19.4 Å². The van der Waals surface area contributed by atoms with Gasteiger partial charge in [0, 0.05) is 0 Å². The number of ether oxygens (including phenoxy) is 3. The van der Waals surface area contributed by atoms with E-state index in [0.717, 1.165) is 6.42 Å². The molecule has 2 rings (SSSR count). The number of carbonyl (C=O) groups excluding carboxylic acids is 1. The monoisotopic (exact) mass is 343 g/mol. The van der Waals surface area contributed by atoms with Gasteiger partial charge in [-0.25, -0.2) is 0 Å². The van der Waals surface area contributed by atoms with E-state index in [9.17, 15) is 4.79 Å². The second-order valence-electron chi connectivity index (χ2n) is 5.55. The fourth-order valence-corrected chi connectivity index (χ4v) is 2.28. The van der Waals surface area contributed by atoms with Crippen molar-refractivity contribution in [2.75, 3.05) is 20.3 Å². The van der Waals surface area contributed by atoms with E-state index in [2.05, 4.69) is 12.2 Å². The standard InChI is InChI=1S/C20H25NO4/c1-4-16-9-11-17(12-10-16)25-15(2)20(22)21-13-14-24-19-8-6-5-7-18(19)23-3/h5-12,15H,4,13-14H2,1-3H3,(H,21,22). The van der Waals surface area contributed by atoms with E-state index in [1.54, 1.807) is 14.0 Å². The minimum atomic E-state index is -0.571. The largest absolute Gasteiger partial charge is 0.493 e. The zero-order chi connectivity index (χ0) is 18.1. The number of rotatable bonds is 9. The summed E-state index contributed by atoms with van der Waals surface area (Å²) in [5.74, 6) is 1.83. The lowest BCUT2D eigenvalue weighted by atomic mass is 10.2. The molecule has 1 N–H and O–H groups in total. The molecule has 0 aliphatic carbocycles. The predicted molar refractivity (Wildman–Crippen MR) is 97.4 cm³/mol. The van der Waals surface area contributed by atoms with Crippen molar-refractivity contribution in [3.63, 3.8) is 0 Å². The molecule has 0 spiro atoms. The highest BCUT2D eigenvalue weighted by Gasteiger charge is 2.14. The molecule has 0 bridgehead atoms. The van der Waals surface area contributed by atoms with Gasteiger partial charge in [-0.3, -0.25) is 4.79 Å². The molecule has 2 aromatic rings. The van der Waals surface area contributed by atoms with E-state index >= 15 is 0 Å². The third-order valence-corrected chi connectivity index (χ3v) is 3.74. The second kappa shape index (κ2) is 9.57. The normalized spacial score (nSPS) is 11.5. The molecular formula is C20H25NO4. The van der Waals surface area contributed by atoms with Crippen LogP contribution >= 0.6 is 0 Å². The maximum Gasteiger partial charge on any atom is 0.260 e. The number of nitrogens with one attached hydrogen (secondary N) is 1. The van der Waals surface area contributed by atoms with Crippen LogP contribution in [0.5, 0.6) is 17.2 Å². The first-order valence-corrected chi connectivity index (χ1v) is 8.43.